The Morgan fingerprint density at radius 1 is 1.29 bits per heavy atom. The first-order valence-electron chi connectivity index (χ1n) is 4.36. The Morgan fingerprint density at radius 2 is 2.21 bits per heavy atom. The zero-order valence-electron chi connectivity index (χ0n) is 7.90. The minimum absolute atomic E-state index is 0.742. The summed E-state index contributed by atoms with van der Waals surface area (Å²) >= 11 is 0. The van der Waals surface area contributed by atoms with E-state index in [2.05, 4.69) is 11.1 Å². The maximum absolute atomic E-state index is 5.10. The van der Waals surface area contributed by atoms with Crippen LogP contribution in [0.3, 0.4) is 0 Å². The number of nitrogens with zero attached hydrogens (tertiary/aromatic N) is 1. The molecule has 14 heavy (non-hydrogen) atoms. The molecule has 0 N–H and O–H groups in total. The first-order valence-corrected chi connectivity index (χ1v) is 4.36. The van der Waals surface area contributed by atoms with Gasteiger partial charge in [0.1, 0.15) is 5.75 Å². The average molecular weight is 184 g/mol. The van der Waals surface area contributed by atoms with E-state index in [1.807, 2.05) is 36.5 Å². The molecule has 0 atom stereocenters. The standard InChI is InChI=1S/C12H10NO/c1-14-12-6-2-4-10(8-12)11-5-3-7-13-9-11/h2-5,7-9H,1H3. The molecule has 0 aliphatic carbocycles. The third-order valence-corrected chi connectivity index (χ3v) is 1.99. The topological polar surface area (TPSA) is 22.1 Å². The van der Waals surface area contributed by atoms with Crippen LogP contribution in [0.1, 0.15) is 0 Å². The molecule has 2 rings (SSSR count). The summed E-state index contributed by atoms with van der Waals surface area (Å²) in [5, 5.41) is 0. The molecule has 0 saturated carbocycles. The van der Waals surface area contributed by atoms with Gasteiger partial charge in [0.25, 0.3) is 0 Å². The quantitative estimate of drug-likeness (QED) is 0.715. The van der Waals surface area contributed by atoms with Crippen LogP contribution in [0.5, 0.6) is 5.75 Å². The molecular weight excluding hydrogens is 174 g/mol. The lowest BCUT2D eigenvalue weighted by atomic mass is 10.1. The normalized spacial score (nSPS) is 9.79. The van der Waals surface area contributed by atoms with Gasteiger partial charge in [-0.3, -0.25) is 4.98 Å². The maximum atomic E-state index is 5.10. The van der Waals surface area contributed by atoms with E-state index in [1.165, 1.54) is 0 Å². The fourth-order valence-corrected chi connectivity index (χ4v) is 1.28. The molecular formula is C12H10NO. The minimum atomic E-state index is 0.742. The molecule has 2 heteroatoms. The summed E-state index contributed by atoms with van der Waals surface area (Å²) in [6.45, 7) is 0. The van der Waals surface area contributed by atoms with Crippen LogP contribution >= 0.6 is 0 Å². The Hall–Kier alpha value is -1.83. The monoisotopic (exact) mass is 184 g/mol. The van der Waals surface area contributed by atoms with Crippen molar-refractivity contribution in [2.75, 3.05) is 7.11 Å². The van der Waals surface area contributed by atoms with Gasteiger partial charge in [-0.15, -0.1) is 0 Å². The molecule has 0 bridgehead atoms. The highest BCUT2D eigenvalue weighted by atomic mass is 16.5. The van der Waals surface area contributed by atoms with Gasteiger partial charge in [-0.05, 0) is 23.8 Å². The second-order valence-corrected chi connectivity index (χ2v) is 2.89. The third kappa shape index (κ3) is 1.74. The molecule has 69 valence electrons. The number of aromatic nitrogens is 1. The van der Waals surface area contributed by atoms with Gasteiger partial charge < -0.3 is 4.74 Å². The van der Waals surface area contributed by atoms with E-state index in [0.29, 0.717) is 0 Å². The van der Waals surface area contributed by atoms with Gasteiger partial charge in [0.05, 0.1) is 7.11 Å². The van der Waals surface area contributed by atoms with Crippen molar-refractivity contribution in [2.24, 2.45) is 0 Å². The molecule has 0 spiro atoms. The Labute approximate surface area is 83.2 Å². The van der Waals surface area contributed by atoms with E-state index in [-0.39, 0.29) is 0 Å². The second-order valence-electron chi connectivity index (χ2n) is 2.89. The summed E-state index contributed by atoms with van der Waals surface area (Å²) in [7, 11) is 1.64. The molecule has 0 amide bonds. The van der Waals surface area contributed by atoms with Crippen molar-refractivity contribution < 1.29 is 4.74 Å². The summed E-state index contributed by atoms with van der Waals surface area (Å²) in [5.74, 6) is 0.742. The second kappa shape index (κ2) is 3.92. The fraction of sp³-hybridized carbons (Fsp3) is 0.0833. The molecule has 2 nitrogen and oxygen atoms in total. The lowest BCUT2D eigenvalue weighted by molar-refractivity contribution is 0.414. The smallest absolute Gasteiger partial charge is 0.127 e. The lowest BCUT2D eigenvalue weighted by Crippen LogP contribution is -1.84. The number of benzene rings is 1. The van der Waals surface area contributed by atoms with E-state index in [1.54, 1.807) is 13.3 Å². The molecule has 1 aromatic heterocycles. The van der Waals surface area contributed by atoms with Crippen LogP contribution in [0.15, 0.2) is 42.7 Å². The van der Waals surface area contributed by atoms with Crippen LogP contribution in [-0.4, -0.2) is 12.1 Å². The van der Waals surface area contributed by atoms with Gasteiger partial charge in [-0.1, -0.05) is 12.1 Å². The van der Waals surface area contributed by atoms with Gasteiger partial charge in [0.15, 0.2) is 0 Å². The molecule has 0 fully saturated rings. The number of hydrogen-bond acceptors (Lipinski definition) is 2. The number of methoxy groups -OCH3 is 1. The largest absolute Gasteiger partial charge is 0.496 e. The predicted molar refractivity (Wildman–Crippen MR) is 55.1 cm³/mol. The zero-order chi connectivity index (χ0) is 9.80. The van der Waals surface area contributed by atoms with Gasteiger partial charge >= 0.3 is 0 Å². The van der Waals surface area contributed by atoms with Crippen LogP contribution < -0.4 is 4.74 Å². The first kappa shape index (κ1) is 8.75. The predicted octanol–water partition coefficient (Wildman–Crippen LogP) is 2.56. The summed E-state index contributed by atoms with van der Waals surface area (Å²) in [6, 6.07) is 12.7. The van der Waals surface area contributed by atoms with Crippen LogP contribution in [0, 0.1) is 6.07 Å². The SMILES string of the molecule is COc1[c]ccc(-c2cccnc2)c1. The third-order valence-electron chi connectivity index (χ3n) is 1.99. The molecule has 0 saturated heterocycles. The summed E-state index contributed by atoms with van der Waals surface area (Å²) in [6.07, 6.45) is 3.59. The van der Waals surface area contributed by atoms with Crippen molar-refractivity contribution in [3.63, 3.8) is 0 Å². The van der Waals surface area contributed by atoms with Gasteiger partial charge in [-0.25, -0.2) is 0 Å². The van der Waals surface area contributed by atoms with Gasteiger partial charge in [0.2, 0.25) is 0 Å². The van der Waals surface area contributed by atoms with E-state index in [4.69, 9.17) is 4.74 Å². The Kier molecular flexibility index (Phi) is 2.45. The number of ether oxygens (including phenoxy) is 1. The molecule has 0 aliphatic heterocycles. The summed E-state index contributed by atoms with van der Waals surface area (Å²) in [5.41, 5.74) is 2.17. The van der Waals surface area contributed by atoms with Crippen LogP contribution in [0.25, 0.3) is 11.1 Å². The van der Waals surface area contributed by atoms with Crippen molar-refractivity contribution >= 4 is 0 Å². The molecule has 1 heterocycles. The number of rotatable bonds is 2. The molecule has 1 radical (unpaired) electrons. The average Bonchev–Trinajstić information content (AvgIpc) is 2.30. The van der Waals surface area contributed by atoms with Crippen molar-refractivity contribution in [2.45, 2.75) is 0 Å². The van der Waals surface area contributed by atoms with Crippen LogP contribution in [-0.2, 0) is 0 Å². The Balaban J connectivity index is 2.42. The Bertz CT molecular complexity index is 412. The number of pyridine rings is 1. The van der Waals surface area contributed by atoms with Crippen molar-refractivity contribution in [1.29, 1.82) is 0 Å². The zero-order valence-corrected chi connectivity index (χ0v) is 7.90. The van der Waals surface area contributed by atoms with E-state index in [9.17, 15) is 0 Å². The summed E-state index contributed by atoms with van der Waals surface area (Å²) in [4.78, 5) is 4.07. The molecule has 1 aromatic carbocycles. The van der Waals surface area contributed by atoms with Crippen molar-refractivity contribution in [1.82, 2.24) is 4.98 Å². The number of hydrogen-bond donors (Lipinski definition) is 0. The highest BCUT2D eigenvalue weighted by molar-refractivity contribution is 5.63. The lowest BCUT2D eigenvalue weighted by Gasteiger charge is -2.03. The van der Waals surface area contributed by atoms with E-state index < -0.39 is 0 Å². The van der Waals surface area contributed by atoms with Crippen LogP contribution in [0.4, 0.5) is 0 Å². The fourth-order valence-electron chi connectivity index (χ4n) is 1.28. The molecule has 0 aliphatic rings. The Morgan fingerprint density at radius 3 is 2.93 bits per heavy atom. The minimum Gasteiger partial charge on any atom is -0.496 e. The first-order chi connectivity index (χ1) is 6.90. The van der Waals surface area contributed by atoms with Gasteiger partial charge in [0, 0.05) is 24.0 Å². The van der Waals surface area contributed by atoms with Crippen molar-refractivity contribution in [3.8, 4) is 16.9 Å². The highest BCUT2D eigenvalue weighted by Gasteiger charge is 1.98. The molecule has 2 aromatic rings. The maximum Gasteiger partial charge on any atom is 0.127 e. The van der Waals surface area contributed by atoms with E-state index >= 15 is 0 Å². The summed E-state index contributed by atoms with van der Waals surface area (Å²) < 4.78 is 5.10. The van der Waals surface area contributed by atoms with Crippen molar-refractivity contribution in [3.05, 3.63) is 48.8 Å². The van der Waals surface area contributed by atoms with Crippen LogP contribution in [0.2, 0.25) is 0 Å². The molecule has 0 unspecified atom stereocenters. The van der Waals surface area contributed by atoms with Gasteiger partial charge in [-0.2, -0.15) is 0 Å². The highest BCUT2D eigenvalue weighted by Crippen LogP contribution is 2.21. The van der Waals surface area contributed by atoms with E-state index in [0.717, 1.165) is 16.9 Å².